The zero-order valence-corrected chi connectivity index (χ0v) is 11.9. The minimum atomic E-state index is -0.556. The molecule has 0 aromatic heterocycles. The number of halogens is 1. The Morgan fingerprint density at radius 3 is 3.00 bits per heavy atom. The summed E-state index contributed by atoms with van der Waals surface area (Å²) in [7, 11) is 0. The van der Waals surface area contributed by atoms with Gasteiger partial charge in [-0.15, -0.1) is 0 Å². The van der Waals surface area contributed by atoms with Gasteiger partial charge in [0.25, 0.3) is 0 Å². The molecule has 1 aromatic rings. The predicted molar refractivity (Wildman–Crippen MR) is 76.1 cm³/mol. The Hall–Kier alpha value is -2.13. The lowest BCUT2D eigenvalue weighted by Gasteiger charge is -2.15. The molecule has 1 fully saturated rings. The molecule has 2 rings (SSSR count). The third-order valence-corrected chi connectivity index (χ3v) is 3.51. The summed E-state index contributed by atoms with van der Waals surface area (Å²) in [6.45, 7) is 3.39. The standard InChI is InChI=1S/C15H18FN3O2/c1-10-5-8-21-14(10)15(20)19-7-6-18-13-4-2-3-12(16)11(13)9-17/h2-4,10,14,18H,5-8H2,1H3,(H,19,20)/t10-,14-/m1/s1. The van der Waals surface area contributed by atoms with Gasteiger partial charge in [-0.3, -0.25) is 4.79 Å². The number of carbonyl (C=O) groups excluding carboxylic acids is 1. The molecule has 2 N–H and O–H groups in total. The van der Waals surface area contributed by atoms with Crippen LogP contribution in [0.25, 0.3) is 0 Å². The van der Waals surface area contributed by atoms with Crippen molar-refractivity contribution in [2.24, 2.45) is 5.92 Å². The molecule has 1 saturated heterocycles. The van der Waals surface area contributed by atoms with E-state index in [2.05, 4.69) is 10.6 Å². The summed E-state index contributed by atoms with van der Waals surface area (Å²) < 4.78 is 18.8. The van der Waals surface area contributed by atoms with E-state index in [1.54, 1.807) is 6.07 Å². The highest BCUT2D eigenvalue weighted by Gasteiger charge is 2.30. The monoisotopic (exact) mass is 291 g/mol. The van der Waals surface area contributed by atoms with E-state index in [1.165, 1.54) is 12.1 Å². The van der Waals surface area contributed by atoms with Crippen LogP contribution in [0, 0.1) is 23.1 Å². The number of hydrogen-bond acceptors (Lipinski definition) is 4. The van der Waals surface area contributed by atoms with Crippen molar-refractivity contribution in [3.63, 3.8) is 0 Å². The van der Waals surface area contributed by atoms with Crippen molar-refractivity contribution in [2.45, 2.75) is 19.4 Å². The Balaban J connectivity index is 1.79. The van der Waals surface area contributed by atoms with Gasteiger partial charge in [0, 0.05) is 19.7 Å². The van der Waals surface area contributed by atoms with E-state index in [0.717, 1.165) is 6.42 Å². The smallest absolute Gasteiger partial charge is 0.249 e. The molecule has 0 unspecified atom stereocenters. The van der Waals surface area contributed by atoms with Gasteiger partial charge in [-0.25, -0.2) is 4.39 Å². The summed E-state index contributed by atoms with van der Waals surface area (Å²) in [6, 6.07) is 6.22. The highest BCUT2D eigenvalue weighted by atomic mass is 19.1. The van der Waals surface area contributed by atoms with Gasteiger partial charge in [0.2, 0.25) is 5.91 Å². The fourth-order valence-corrected chi connectivity index (χ4v) is 2.30. The van der Waals surface area contributed by atoms with Crippen LogP contribution in [0.1, 0.15) is 18.9 Å². The molecular weight excluding hydrogens is 273 g/mol. The Kier molecular flexibility index (Phi) is 5.12. The maximum atomic E-state index is 13.4. The first-order valence-electron chi connectivity index (χ1n) is 6.95. The second kappa shape index (κ2) is 7.04. The molecule has 2 atom stereocenters. The summed E-state index contributed by atoms with van der Waals surface area (Å²) >= 11 is 0. The highest BCUT2D eigenvalue weighted by molar-refractivity contribution is 5.81. The van der Waals surface area contributed by atoms with E-state index >= 15 is 0 Å². The molecule has 5 nitrogen and oxygen atoms in total. The van der Waals surface area contributed by atoms with Crippen LogP contribution in [0.4, 0.5) is 10.1 Å². The van der Waals surface area contributed by atoms with Crippen molar-refractivity contribution < 1.29 is 13.9 Å². The van der Waals surface area contributed by atoms with E-state index < -0.39 is 5.82 Å². The number of nitrogens with one attached hydrogen (secondary N) is 2. The summed E-state index contributed by atoms with van der Waals surface area (Å²) in [5.74, 6) is -0.451. The second-order valence-corrected chi connectivity index (χ2v) is 5.05. The first kappa shape index (κ1) is 15.3. The Morgan fingerprint density at radius 2 is 2.33 bits per heavy atom. The van der Waals surface area contributed by atoms with E-state index in [-0.39, 0.29) is 23.5 Å². The molecule has 0 spiro atoms. The van der Waals surface area contributed by atoms with Gasteiger partial charge in [0.05, 0.1) is 5.69 Å². The Morgan fingerprint density at radius 1 is 1.52 bits per heavy atom. The molecule has 1 aromatic carbocycles. The second-order valence-electron chi connectivity index (χ2n) is 5.05. The number of ether oxygens (including phenoxy) is 1. The fraction of sp³-hybridized carbons (Fsp3) is 0.467. The molecule has 0 aliphatic carbocycles. The molecule has 0 saturated carbocycles. The zero-order valence-electron chi connectivity index (χ0n) is 11.9. The van der Waals surface area contributed by atoms with Crippen LogP contribution in [0.2, 0.25) is 0 Å². The first-order valence-corrected chi connectivity index (χ1v) is 6.95. The van der Waals surface area contributed by atoms with Gasteiger partial charge in [-0.2, -0.15) is 5.26 Å². The minimum Gasteiger partial charge on any atom is -0.382 e. The summed E-state index contributed by atoms with van der Waals surface area (Å²) in [5, 5.41) is 14.6. The Bertz CT molecular complexity index is 556. The molecule has 21 heavy (non-hydrogen) atoms. The topological polar surface area (TPSA) is 74.2 Å². The summed E-state index contributed by atoms with van der Waals surface area (Å²) in [4.78, 5) is 11.9. The molecule has 112 valence electrons. The van der Waals surface area contributed by atoms with Gasteiger partial charge < -0.3 is 15.4 Å². The van der Waals surface area contributed by atoms with E-state index in [9.17, 15) is 9.18 Å². The number of nitriles is 1. The molecule has 6 heteroatoms. The van der Waals surface area contributed by atoms with Crippen molar-refractivity contribution in [1.82, 2.24) is 5.32 Å². The largest absolute Gasteiger partial charge is 0.382 e. The number of rotatable bonds is 5. The van der Waals surface area contributed by atoms with Crippen molar-refractivity contribution in [3.8, 4) is 6.07 Å². The fourth-order valence-electron chi connectivity index (χ4n) is 2.30. The SMILES string of the molecule is C[C@@H]1CCO[C@H]1C(=O)NCCNc1cccc(F)c1C#N. The molecular formula is C15H18FN3O2. The molecule has 1 aliphatic rings. The molecule has 1 heterocycles. The maximum absolute atomic E-state index is 13.4. The predicted octanol–water partition coefficient (Wildman–Crippen LogP) is 1.65. The number of amides is 1. The van der Waals surface area contributed by atoms with Crippen LogP contribution >= 0.6 is 0 Å². The lowest BCUT2D eigenvalue weighted by atomic mass is 10.0. The zero-order chi connectivity index (χ0) is 15.2. The first-order chi connectivity index (χ1) is 10.1. The van der Waals surface area contributed by atoms with Crippen LogP contribution in [0.5, 0.6) is 0 Å². The average molecular weight is 291 g/mol. The summed E-state index contributed by atoms with van der Waals surface area (Å²) in [5.41, 5.74) is 0.411. The molecule has 1 amide bonds. The van der Waals surface area contributed by atoms with Crippen molar-refractivity contribution >= 4 is 11.6 Å². The third kappa shape index (κ3) is 3.70. The Labute approximate surface area is 123 Å². The molecule has 0 radical (unpaired) electrons. The quantitative estimate of drug-likeness (QED) is 0.809. The number of benzene rings is 1. The molecule has 0 bridgehead atoms. The van der Waals surface area contributed by atoms with Crippen LogP contribution in [0.15, 0.2) is 18.2 Å². The van der Waals surface area contributed by atoms with Gasteiger partial charge >= 0.3 is 0 Å². The van der Waals surface area contributed by atoms with Gasteiger partial charge in [0.1, 0.15) is 23.6 Å². The summed E-state index contributed by atoms with van der Waals surface area (Å²) in [6.07, 6.45) is 0.513. The number of carbonyl (C=O) groups is 1. The minimum absolute atomic E-state index is 0.0171. The van der Waals surface area contributed by atoms with Gasteiger partial charge in [-0.05, 0) is 24.5 Å². The lowest BCUT2D eigenvalue weighted by molar-refractivity contribution is -0.131. The van der Waals surface area contributed by atoms with E-state index in [1.807, 2.05) is 13.0 Å². The van der Waals surface area contributed by atoms with Crippen LogP contribution in [-0.2, 0) is 9.53 Å². The van der Waals surface area contributed by atoms with Crippen LogP contribution in [0.3, 0.4) is 0 Å². The normalized spacial score (nSPS) is 20.8. The van der Waals surface area contributed by atoms with Crippen molar-refractivity contribution in [3.05, 3.63) is 29.6 Å². The number of nitrogens with zero attached hydrogens (tertiary/aromatic N) is 1. The third-order valence-electron chi connectivity index (χ3n) is 3.51. The number of anilines is 1. The van der Waals surface area contributed by atoms with Crippen LogP contribution < -0.4 is 10.6 Å². The average Bonchev–Trinajstić information content (AvgIpc) is 2.90. The number of hydrogen-bond donors (Lipinski definition) is 2. The van der Waals surface area contributed by atoms with Gasteiger partial charge in [-0.1, -0.05) is 13.0 Å². The lowest BCUT2D eigenvalue weighted by Crippen LogP contribution is -2.39. The van der Waals surface area contributed by atoms with Crippen LogP contribution in [-0.4, -0.2) is 31.7 Å². The van der Waals surface area contributed by atoms with Crippen molar-refractivity contribution in [1.29, 1.82) is 5.26 Å². The molecule has 1 aliphatic heterocycles. The highest BCUT2D eigenvalue weighted by Crippen LogP contribution is 2.20. The maximum Gasteiger partial charge on any atom is 0.249 e. The van der Waals surface area contributed by atoms with E-state index in [0.29, 0.717) is 25.4 Å². The van der Waals surface area contributed by atoms with Crippen molar-refractivity contribution in [2.75, 3.05) is 25.0 Å². The van der Waals surface area contributed by atoms with Gasteiger partial charge in [0.15, 0.2) is 0 Å². The van der Waals surface area contributed by atoms with E-state index in [4.69, 9.17) is 10.00 Å².